The number of hydrogen-bond donors (Lipinski definition) is 2. The zero-order chi connectivity index (χ0) is 18.9. The Labute approximate surface area is 146 Å². The number of H-pyrrole nitrogens is 1. The van der Waals surface area contributed by atoms with E-state index in [1.165, 1.54) is 12.1 Å². The number of halogens is 3. The second kappa shape index (κ2) is 6.81. The standard InChI is InChI=1S/C17H16F3N3O3/c18-17(19,20)12-5-1-10(2-6-12)8-23(9-15(24)25)16(26)14-7-13(21-22-14)11-3-4-11/h1-2,5-7,11H,3-4,8-9H2,(H,21,22)(H,24,25). The first-order chi connectivity index (χ1) is 12.2. The molecule has 1 heterocycles. The number of aliphatic carboxylic acids is 1. The van der Waals surface area contributed by atoms with Gasteiger partial charge in [-0.1, -0.05) is 12.1 Å². The first kappa shape index (κ1) is 18.0. The van der Waals surface area contributed by atoms with Crippen LogP contribution < -0.4 is 0 Å². The third-order valence-electron chi connectivity index (χ3n) is 4.10. The molecule has 2 aromatic rings. The lowest BCUT2D eigenvalue weighted by Crippen LogP contribution is -2.35. The average Bonchev–Trinajstić information content (AvgIpc) is 3.30. The number of carboxylic acid groups (broad SMARTS) is 1. The van der Waals surface area contributed by atoms with Crippen molar-refractivity contribution in [3.05, 3.63) is 52.8 Å². The summed E-state index contributed by atoms with van der Waals surface area (Å²) in [6, 6.07) is 5.86. The highest BCUT2D eigenvalue weighted by Gasteiger charge is 2.30. The maximum Gasteiger partial charge on any atom is 0.416 e. The molecular weight excluding hydrogens is 351 g/mol. The van der Waals surface area contributed by atoms with Crippen LogP contribution in [0.5, 0.6) is 0 Å². The first-order valence-electron chi connectivity index (χ1n) is 7.96. The highest BCUT2D eigenvalue weighted by atomic mass is 19.4. The molecule has 9 heteroatoms. The van der Waals surface area contributed by atoms with E-state index in [2.05, 4.69) is 10.2 Å². The van der Waals surface area contributed by atoms with Crippen molar-refractivity contribution in [2.24, 2.45) is 0 Å². The van der Waals surface area contributed by atoms with Gasteiger partial charge in [0.1, 0.15) is 12.2 Å². The molecule has 1 aliphatic rings. The van der Waals surface area contributed by atoms with Crippen molar-refractivity contribution in [2.45, 2.75) is 31.5 Å². The molecule has 1 aromatic heterocycles. The summed E-state index contributed by atoms with van der Waals surface area (Å²) in [5.41, 5.74) is 0.516. The average molecular weight is 367 g/mol. The number of benzene rings is 1. The first-order valence-corrected chi connectivity index (χ1v) is 7.96. The molecule has 1 fully saturated rings. The van der Waals surface area contributed by atoms with Gasteiger partial charge in [-0.2, -0.15) is 18.3 Å². The topological polar surface area (TPSA) is 86.3 Å². The fourth-order valence-electron chi connectivity index (χ4n) is 2.59. The molecular formula is C17H16F3N3O3. The molecule has 26 heavy (non-hydrogen) atoms. The SMILES string of the molecule is O=C(O)CN(Cc1ccc(C(F)(F)F)cc1)C(=O)c1cc(C2CC2)[nH]n1. The van der Waals surface area contributed by atoms with E-state index < -0.39 is 30.2 Å². The van der Waals surface area contributed by atoms with Gasteiger partial charge in [-0.25, -0.2) is 0 Å². The Morgan fingerprint density at radius 2 is 1.88 bits per heavy atom. The Balaban J connectivity index is 1.76. The molecule has 1 saturated carbocycles. The summed E-state index contributed by atoms with van der Waals surface area (Å²) >= 11 is 0. The van der Waals surface area contributed by atoms with Gasteiger partial charge >= 0.3 is 12.1 Å². The Hall–Kier alpha value is -2.84. The number of carboxylic acids is 1. The number of hydrogen-bond acceptors (Lipinski definition) is 3. The lowest BCUT2D eigenvalue weighted by molar-refractivity contribution is -0.138. The van der Waals surface area contributed by atoms with E-state index in [-0.39, 0.29) is 12.2 Å². The van der Waals surface area contributed by atoms with Crippen LogP contribution in [0.25, 0.3) is 0 Å². The number of aromatic amines is 1. The van der Waals surface area contributed by atoms with Gasteiger partial charge in [0.05, 0.1) is 5.56 Å². The molecule has 1 aromatic carbocycles. The predicted octanol–water partition coefficient (Wildman–Crippen LogP) is 3.03. The Morgan fingerprint density at radius 1 is 1.23 bits per heavy atom. The summed E-state index contributed by atoms with van der Waals surface area (Å²) in [6.07, 6.45) is -2.43. The van der Waals surface area contributed by atoms with E-state index in [1.807, 2.05) is 0 Å². The second-order valence-corrected chi connectivity index (χ2v) is 6.23. The summed E-state index contributed by atoms with van der Waals surface area (Å²) in [6.45, 7) is -0.708. The molecule has 138 valence electrons. The molecule has 6 nitrogen and oxygen atoms in total. The molecule has 2 N–H and O–H groups in total. The van der Waals surface area contributed by atoms with Crippen LogP contribution in [0, 0.1) is 0 Å². The van der Waals surface area contributed by atoms with E-state index in [0.29, 0.717) is 11.5 Å². The number of nitrogens with one attached hydrogen (secondary N) is 1. The van der Waals surface area contributed by atoms with Crippen LogP contribution in [0.4, 0.5) is 13.2 Å². The van der Waals surface area contributed by atoms with Gasteiger partial charge in [0.2, 0.25) is 0 Å². The number of rotatable bonds is 6. The lowest BCUT2D eigenvalue weighted by Gasteiger charge is -2.20. The molecule has 3 rings (SSSR count). The van der Waals surface area contributed by atoms with E-state index in [1.54, 1.807) is 6.07 Å². The lowest BCUT2D eigenvalue weighted by atomic mass is 10.1. The minimum absolute atomic E-state index is 0.0973. The van der Waals surface area contributed by atoms with Gasteiger partial charge < -0.3 is 10.0 Å². The number of amides is 1. The fourth-order valence-corrected chi connectivity index (χ4v) is 2.59. The van der Waals surface area contributed by atoms with Gasteiger partial charge in [0.15, 0.2) is 0 Å². The van der Waals surface area contributed by atoms with Crippen molar-refractivity contribution in [3.63, 3.8) is 0 Å². The summed E-state index contributed by atoms with van der Waals surface area (Å²) in [7, 11) is 0. The van der Waals surface area contributed by atoms with E-state index in [0.717, 1.165) is 35.6 Å². The monoisotopic (exact) mass is 367 g/mol. The number of alkyl halides is 3. The van der Waals surface area contributed by atoms with Crippen LogP contribution in [0.15, 0.2) is 30.3 Å². The van der Waals surface area contributed by atoms with Gasteiger partial charge in [0.25, 0.3) is 5.91 Å². The number of aromatic nitrogens is 2. The largest absolute Gasteiger partial charge is 0.480 e. The highest BCUT2D eigenvalue weighted by Crippen LogP contribution is 2.39. The van der Waals surface area contributed by atoms with Crippen LogP contribution in [0.1, 0.15) is 46.1 Å². The zero-order valence-electron chi connectivity index (χ0n) is 13.6. The molecule has 0 bridgehead atoms. The molecule has 0 saturated heterocycles. The number of carbonyl (C=O) groups is 2. The maximum absolute atomic E-state index is 12.6. The van der Waals surface area contributed by atoms with Crippen molar-refractivity contribution < 1.29 is 27.9 Å². The Morgan fingerprint density at radius 3 is 2.42 bits per heavy atom. The van der Waals surface area contributed by atoms with Crippen molar-refractivity contribution in [3.8, 4) is 0 Å². The molecule has 0 unspecified atom stereocenters. The normalized spacial score (nSPS) is 14.3. The van der Waals surface area contributed by atoms with Crippen molar-refractivity contribution in [1.29, 1.82) is 0 Å². The summed E-state index contributed by atoms with van der Waals surface area (Å²) in [5.74, 6) is -1.45. The number of nitrogens with zero attached hydrogens (tertiary/aromatic N) is 2. The Bertz CT molecular complexity index is 811. The van der Waals surface area contributed by atoms with Gasteiger partial charge in [-0.3, -0.25) is 14.7 Å². The zero-order valence-corrected chi connectivity index (χ0v) is 13.6. The predicted molar refractivity (Wildman–Crippen MR) is 84.4 cm³/mol. The quantitative estimate of drug-likeness (QED) is 0.822. The van der Waals surface area contributed by atoms with Crippen LogP contribution in [-0.4, -0.2) is 38.6 Å². The molecule has 0 aliphatic heterocycles. The van der Waals surface area contributed by atoms with Crippen molar-refractivity contribution in [2.75, 3.05) is 6.54 Å². The summed E-state index contributed by atoms with van der Waals surface area (Å²) in [4.78, 5) is 24.7. The van der Waals surface area contributed by atoms with Crippen molar-refractivity contribution >= 4 is 11.9 Å². The third kappa shape index (κ3) is 4.22. The van der Waals surface area contributed by atoms with Crippen molar-refractivity contribution in [1.82, 2.24) is 15.1 Å². The minimum atomic E-state index is -4.46. The molecule has 1 aliphatic carbocycles. The maximum atomic E-state index is 12.6. The number of carbonyl (C=O) groups excluding carboxylic acids is 1. The molecule has 0 radical (unpaired) electrons. The van der Waals surface area contributed by atoms with Gasteiger partial charge in [-0.05, 0) is 36.6 Å². The van der Waals surface area contributed by atoms with Crippen LogP contribution in [0.3, 0.4) is 0 Å². The summed E-state index contributed by atoms with van der Waals surface area (Å²) < 4.78 is 37.9. The second-order valence-electron chi connectivity index (χ2n) is 6.23. The molecule has 1 amide bonds. The van der Waals surface area contributed by atoms with Gasteiger partial charge in [-0.15, -0.1) is 0 Å². The van der Waals surface area contributed by atoms with Crippen LogP contribution in [-0.2, 0) is 17.5 Å². The van der Waals surface area contributed by atoms with Crippen LogP contribution in [0.2, 0.25) is 0 Å². The molecule has 0 atom stereocenters. The van der Waals surface area contributed by atoms with E-state index >= 15 is 0 Å². The third-order valence-corrected chi connectivity index (χ3v) is 4.10. The Kier molecular flexibility index (Phi) is 4.71. The van der Waals surface area contributed by atoms with E-state index in [4.69, 9.17) is 5.11 Å². The minimum Gasteiger partial charge on any atom is -0.480 e. The highest BCUT2D eigenvalue weighted by molar-refractivity contribution is 5.94. The fraction of sp³-hybridized carbons (Fsp3) is 0.353. The van der Waals surface area contributed by atoms with Gasteiger partial charge in [0, 0.05) is 18.2 Å². The molecule has 0 spiro atoms. The summed E-state index contributed by atoms with van der Waals surface area (Å²) in [5, 5.41) is 15.8. The van der Waals surface area contributed by atoms with Crippen LogP contribution >= 0.6 is 0 Å². The van der Waals surface area contributed by atoms with E-state index in [9.17, 15) is 22.8 Å². The smallest absolute Gasteiger partial charge is 0.416 e.